The molecular weight excluding hydrogens is 264 g/mol. The molecule has 0 atom stereocenters. The van der Waals surface area contributed by atoms with Crippen LogP contribution in [0.3, 0.4) is 0 Å². The molecular formula is C7H4F3SZr-. The Balaban J connectivity index is 0.00000121. The van der Waals surface area contributed by atoms with Crippen molar-refractivity contribution >= 4 is 12.6 Å². The zero-order valence-electron chi connectivity index (χ0n) is 5.85. The Morgan fingerprint density at radius 3 is 1.75 bits per heavy atom. The van der Waals surface area contributed by atoms with E-state index in [1.165, 1.54) is 12.1 Å². The molecule has 12 heavy (non-hydrogen) atoms. The number of benzene rings is 1. The van der Waals surface area contributed by atoms with E-state index in [-0.39, 0.29) is 26.2 Å². The third-order valence-corrected chi connectivity index (χ3v) is 1.45. The maximum absolute atomic E-state index is 11.9. The fraction of sp³-hybridized carbons (Fsp3) is 0.143. The topological polar surface area (TPSA) is 0 Å². The van der Waals surface area contributed by atoms with Crippen LogP contribution < -0.4 is 0 Å². The summed E-state index contributed by atoms with van der Waals surface area (Å²) in [5.41, 5.74) is -0.661. The van der Waals surface area contributed by atoms with Crippen LogP contribution in [0.25, 0.3) is 0 Å². The molecule has 0 spiro atoms. The van der Waals surface area contributed by atoms with E-state index in [4.69, 9.17) is 0 Å². The molecule has 0 N–H and O–H groups in total. The second kappa shape index (κ2) is 4.38. The molecule has 0 aliphatic heterocycles. The quantitative estimate of drug-likeness (QED) is 0.652. The first kappa shape index (κ1) is 12.1. The molecule has 5 heteroatoms. The van der Waals surface area contributed by atoms with E-state index < -0.39 is 11.7 Å². The predicted octanol–water partition coefficient (Wildman–Crippen LogP) is 2.61. The molecule has 0 nitrogen and oxygen atoms in total. The van der Waals surface area contributed by atoms with E-state index in [2.05, 4.69) is 12.6 Å². The van der Waals surface area contributed by atoms with E-state index in [9.17, 15) is 13.2 Å². The average molecular weight is 268 g/mol. The Bertz CT molecular complexity index is 242. The van der Waals surface area contributed by atoms with Gasteiger partial charge in [-0.25, -0.2) is 0 Å². The van der Waals surface area contributed by atoms with Crippen molar-refractivity contribution in [3.63, 3.8) is 0 Å². The van der Waals surface area contributed by atoms with E-state index in [0.29, 0.717) is 4.90 Å². The number of hydrogen-bond donors (Lipinski definition) is 0. The third kappa shape index (κ3) is 3.23. The molecule has 0 amide bonds. The molecule has 64 valence electrons. The summed E-state index contributed by atoms with van der Waals surface area (Å²) >= 11 is 4.63. The molecule has 0 bridgehead atoms. The fourth-order valence-electron chi connectivity index (χ4n) is 0.644. The van der Waals surface area contributed by atoms with Gasteiger partial charge in [0.25, 0.3) is 0 Å². The minimum Gasteiger partial charge on any atom is -0.780 e. The molecule has 0 saturated carbocycles. The van der Waals surface area contributed by atoms with Gasteiger partial charge < -0.3 is 12.6 Å². The van der Waals surface area contributed by atoms with Crippen LogP contribution in [0, 0.1) is 0 Å². The second-order valence-electron chi connectivity index (χ2n) is 2.02. The molecule has 0 saturated heterocycles. The Morgan fingerprint density at radius 2 is 1.42 bits per heavy atom. The first-order chi connectivity index (χ1) is 5.00. The average Bonchev–Trinajstić information content (AvgIpc) is 1.86. The number of alkyl halides is 3. The molecule has 0 radical (unpaired) electrons. The van der Waals surface area contributed by atoms with Crippen LogP contribution in [0.15, 0.2) is 29.2 Å². The van der Waals surface area contributed by atoms with Crippen molar-refractivity contribution in [1.82, 2.24) is 0 Å². The maximum Gasteiger partial charge on any atom is 0.416 e. The summed E-state index contributed by atoms with van der Waals surface area (Å²) < 4.78 is 35.7. The molecule has 0 aromatic heterocycles. The fourth-order valence-corrected chi connectivity index (χ4v) is 0.780. The van der Waals surface area contributed by atoms with Crippen LogP contribution in [0.5, 0.6) is 0 Å². The Hall–Kier alpha value is 0.113. The van der Waals surface area contributed by atoms with Crippen molar-refractivity contribution in [2.75, 3.05) is 0 Å². The van der Waals surface area contributed by atoms with Gasteiger partial charge in [-0.05, 0) is 0 Å². The Morgan fingerprint density at radius 1 is 1.00 bits per heavy atom. The number of hydrogen-bond acceptors (Lipinski definition) is 1. The van der Waals surface area contributed by atoms with Crippen molar-refractivity contribution in [2.24, 2.45) is 0 Å². The van der Waals surface area contributed by atoms with Crippen molar-refractivity contribution in [1.29, 1.82) is 0 Å². The Labute approximate surface area is 92.7 Å². The van der Waals surface area contributed by atoms with Gasteiger partial charge in [0, 0.05) is 26.2 Å². The predicted molar refractivity (Wildman–Crippen MR) is 37.1 cm³/mol. The normalized spacial score (nSPS) is 10.6. The second-order valence-corrected chi connectivity index (χ2v) is 2.49. The summed E-state index contributed by atoms with van der Waals surface area (Å²) in [6, 6.07) is 4.47. The molecule has 0 unspecified atom stereocenters. The third-order valence-electron chi connectivity index (χ3n) is 1.18. The van der Waals surface area contributed by atoms with E-state index in [0.717, 1.165) is 12.1 Å². The van der Waals surface area contributed by atoms with E-state index >= 15 is 0 Å². The van der Waals surface area contributed by atoms with E-state index in [1.54, 1.807) is 0 Å². The van der Waals surface area contributed by atoms with Crippen LogP contribution in [0.4, 0.5) is 13.2 Å². The summed E-state index contributed by atoms with van der Waals surface area (Å²) in [6.45, 7) is 0. The Kier molecular flexibility index (Phi) is 4.42. The van der Waals surface area contributed by atoms with Gasteiger partial charge in [0.05, 0.1) is 5.56 Å². The molecule has 1 aromatic carbocycles. The zero-order chi connectivity index (χ0) is 8.48. The standard InChI is InChI=1S/C7H5F3S.Zr/c8-7(9,10)5-1-3-6(11)4-2-5;/h1-4,11H;/p-1. The van der Waals surface area contributed by atoms with Crippen molar-refractivity contribution in [3.8, 4) is 0 Å². The molecule has 1 rings (SSSR count). The van der Waals surface area contributed by atoms with Crippen molar-refractivity contribution in [2.45, 2.75) is 11.1 Å². The zero-order valence-corrected chi connectivity index (χ0v) is 9.13. The van der Waals surface area contributed by atoms with Crippen molar-refractivity contribution < 1.29 is 39.4 Å². The summed E-state index contributed by atoms with van der Waals surface area (Å²) in [5.74, 6) is 0. The van der Waals surface area contributed by atoms with Crippen LogP contribution in [0.1, 0.15) is 5.56 Å². The largest absolute Gasteiger partial charge is 0.780 e. The van der Waals surface area contributed by atoms with Gasteiger partial charge in [0.15, 0.2) is 0 Å². The summed E-state index contributed by atoms with van der Waals surface area (Å²) in [7, 11) is 0. The monoisotopic (exact) mass is 267 g/mol. The van der Waals surface area contributed by atoms with Crippen LogP contribution in [0.2, 0.25) is 0 Å². The minimum absolute atomic E-state index is 0. The van der Waals surface area contributed by atoms with E-state index in [1.807, 2.05) is 0 Å². The molecule has 1 aromatic rings. The molecule has 0 aliphatic carbocycles. The SMILES string of the molecule is FC(F)(F)c1ccc([S-])cc1.[Zr]. The van der Waals surface area contributed by atoms with Gasteiger partial charge in [-0.3, -0.25) is 0 Å². The first-order valence-corrected chi connectivity index (χ1v) is 3.25. The van der Waals surface area contributed by atoms with Crippen molar-refractivity contribution in [3.05, 3.63) is 29.8 Å². The molecule has 0 heterocycles. The van der Waals surface area contributed by atoms with Gasteiger partial charge >= 0.3 is 6.18 Å². The summed E-state index contributed by atoms with van der Waals surface area (Å²) in [6.07, 6.45) is -4.26. The van der Waals surface area contributed by atoms with Gasteiger partial charge in [-0.2, -0.15) is 18.1 Å². The van der Waals surface area contributed by atoms with Gasteiger partial charge in [0.2, 0.25) is 0 Å². The molecule has 0 aliphatic rings. The minimum atomic E-state index is -4.26. The summed E-state index contributed by atoms with van der Waals surface area (Å²) in [5, 5.41) is 0. The van der Waals surface area contributed by atoms with Gasteiger partial charge in [-0.1, -0.05) is 24.3 Å². The first-order valence-electron chi connectivity index (χ1n) is 2.84. The number of rotatable bonds is 0. The van der Waals surface area contributed by atoms with Gasteiger partial charge in [0.1, 0.15) is 0 Å². The maximum atomic E-state index is 11.9. The number of halogens is 3. The summed E-state index contributed by atoms with van der Waals surface area (Å²) in [4.78, 5) is 0.415. The smallest absolute Gasteiger partial charge is 0.416 e. The van der Waals surface area contributed by atoms with Gasteiger partial charge in [-0.15, -0.1) is 0 Å². The van der Waals surface area contributed by atoms with Crippen LogP contribution >= 0.6 is 0 Å². The van der Waals surface area contributed by atoms with Crippen LogP contribution in [-0.4, -0.2) is 0 Å². The molecule has 0 fully saturated rings. The van der Waals surface area contributed by atoms with Crippen LogP contribution in [-0.2, 0) is 45.0 Å².